The largest absolute Gasteiger partial charge is 0.636 e. The summed E-state index contributed by atoms with van der Waals surface area (Å²) in [6.45, 7) is -0.594. The molecule has 0 radical (unpaired) electrons. The van der Waals surface area contributed by atoms with E-state index in [1.807, 2.05) is 0 Å². The molecular formula is C12H13BN2O5. The summed E-state index contributed by atoms with van der Waals surface area (Å²) in [6.07, 6.45) is 0. The molecule has 1 aromatic rings. The van der Waals surface area contributed by atoms with E-state index in [1.54, 1.807) is 30.3 Å². The lowest BCUT2D eigenvalue weighted by Crippen LogP contribution is -2.50. The van der Waals surface area contributed by atoms with E-state index in [2.05, 4.69) is 0 Å². The van der Waals surface area contributed by atoms with Gasteiger partial charge in [0.1, 0.15) is 0 Å². The maximum Gasteiger partial charge on any atom is 0.636 e. The lowest BCUT2D eigenvalue weighted by Gasteiger charge is -2.24. The van der Waals surface area contributed by atoms with Crippen molar-refractivity contribution in [3.8, 4) is 0 Å². The Balaban J connectivity index is 2.10. The van der Waals surface area contributed by atoms with Crippen LogP contribution in [0.1, 0.15) is 0 Å². The quantitative estimate of drug-likeness (QED) is 0.658. The predicted octanol–water partition coefficient (Wildman–Crippen LogP) is -1.73. The summed E-state index contributed by atoms with van der Waals surface area (Å²) < 4.78 is 10.2. The Morgan fingerprint density at radius 1 is 1.15 bits per heavy atom. The molecule has 1 heterocycles. The van der Waals surface area contributed by atoms with Crippen molar-refractivity contribution in [1.82, 2.24) is 4.90 Å². The Bertz CT molecular complexity index is 502. The Morgan fingerprint density at radius 3 is 2.20 bits per heavy atom. The van der Waals surface area contributed by atoms with E-state index in [-0.39, 0.29) is 19.6 Å². The van der Waals surface area contributed by atoms with Crippen molar-refractivity contribution >= 4 is 30.4 Å². The Morgan fingerprint density at radius 2 is 1.70 bits per heavy atom. The zero-order valence-corrected chi connectivity index (χ0v) is 10.7. The molecule has 0 bridgehead atoms. The van der Waals surface area contributed by atoms with Gasteiger partial charge in [-0.2, -0.15) is 0 Å². The summed E-state index contributed by atoms with van der Waals surface area (Å²) in [6, 6.07) is 8.66. The zero-order chi connectivity index (χ0) is 14.5. The van der Waals surface area contributed by atoms with Crippen LogP contribution in [-0.4, -0.2) is 49.5 Å². The van der Waals surface area contributed by atoms with Crippen LogP contribution in [-0.2, 0) is 23.7 Å². The fourth-order valence-electron chi connectivity index (χ4n) is 1.84. The molecule has 1 aliphatic heterocycles. The second-order valence-electron chi connectivity index (χ2n) is 4.33. The van der Waals surface area contributed by atoms with Crippen LogP contribution in [0.5, 0.6) is 0 Å². The number of hydrogen-bond donors (Lipinski definition) is 1. The highest BCUT2D eigenvalue weighted by atomic mass is 16.6. The summed E-state index contributed by atoms with van der Waals surface area (Å²) >= 11 is 0. The van der Waals surface area contributed by atoms with Crippen LogP contribution in [0.3, 0.4) is 0 Å². The molecule has 0 atom stereocenters. The number of amides is 1. The summed E-state index contributed by atoms with van der Waals surface area (Å²) in [4.78, 5) is 35.5. The van der Waals surface area contributed by atoms with E-state index in [1.165, 1.54) is 4.90 Å². The van der Waals surface area contributed by atoms with Crippen LogP contribution < -0.4 is 11.2 Å². The molecule has 2 rings (SSSR count). The zero-order valence-electron chi connectivity index (χ0n) is 10.7. The van der Waals surface area contributed by atoms with Crippen molar-refractivity contribution in [2.45, 2.75) is 0 Å². The van der Waals surface area contributed by atoms with Gasteiger partial charge in [0.2, 0.25) is 5.91 Å². The Labute approximate surface area is 115 Å². The first-order chi connectivity index (χ1) is 9.54. The fourth-order valence-corrected chi connectivity index (χ4v) is 1.84. The molecule has 7 nitrogen and oxygen atoms in total. The van der Waals surface area contributed by atoms with Gasteiger partial charge in [-0.25, -0.2) is 0 Å². The maximum atomic E-state index is 11.7. The molecule has 0 aliphatic carbocycles. The second-order valence-corrected chi connectivity index (χ2v) is 4.33. The molecule has 1 aliphatic rings. The lowest BCUT2D eigenvalue weighted by atomic mass is 9.78. The van der Waals surface area contributed by atoms with Crippen LogP contribution in [0, 0.1) is 0 Å². The van der Waals surface area contributed by atoms with Crippen molar-refractivity contribution in [3.05, 3.63) is 30.3 Å². The highest BCUT2D eigenvalue weighted by Gasteiger charge is 2.34. The van der Waals surface area contributed by atoms with Gasteiger partial charge in [-0.1, -0.05) is 30.3 Å². The van der Waals surface area contributed by atoms with Gasteiger partial charge in [0.25, 0.3) is 0 Å². The molecule has 1 saturated heterocycles. The van der Waals surface area contributed by atoms with Gasteiger partial charge in [-0.05, 0) is 0 Å². The smallest absolute Gasteiger partial charge is 0.494 e. The molecule has 104 valence electrons. The highest BCUT2D eigenvalue weighted by Crippen LogP contribution is 2.02. The van der Waals surface area contributed by atoms with Gasteiger partial charge in [-0.15, -0.1) is 0 Å². The number of primary amides is 1. The molecule has 8 heteroatoms. The molecular weight excluding hydrogens is 263 g/mol. The maximum absolute atomic E-state index is 11.7. The number of benzene rings is 1. The predicted molar refractivity (Wildman–Crippen MR) is 69.6 cm³/mol. The molecule has 1 fully saturated rings. The highest BCUT2D eigenvalue weighted by molar-refractivity contribution is 6.64. The van der Waals surface area contributed by atoms with E-state index in [4.69, 9.17) is 15.0 Å². The van der Waals surface area contributed by atoms with E-state index in [0.29, 0.717) is 5.46 Å². The first-order valence-electron chi connectivity index (χ1n) is 5.99. The van der Waals surface area contributed by atoms with E-state index >= 15 is 0 Å². The van der Waals surface area contributed by atoms with E-state index < -0.39 is 25.0 Å². The number of rotatable bonds is 3. The third-order valence-electron chi connectivity index (χ3n) is 2.63. The molecule has 0 unspecified atom stereocenters. The minimum Gasteiger partial charge on any atom is -0.494 e. The van der Waals surface area contributed by atoms with Crippen molar-refractivity contribution in [2.75, 3.05) is 19.6 Å². The van der Waals surface area contributed by atoms with Crippen LogP contribution in [0.4, 0.5) is 0 Å². The Kier molecular flexibility index (Phi) is 4.36. The first-order valence-corrected chi connectivity index (χ1v) is 5.99. The van der Waals surface area contributed by atoms with Gasteiger partial charge in [0, 0.05) is 5.46 Å². The van der Waals surface area contributed by atoms with Crippen LogP contribution in [0.25, 0.3) is 0 Å². The van der Waals surface area contributed by atoms with E-state index in [9.17, 15) is 14.4 Å². The van der Waals surface area contributed by atoms with Crippen LogP contribution in [0.15, 0.2) is 30.3 Å². The molecule has 0 spiro atoms. The van der Waals surface area contributed by atoms with Crippen LogP contribution >= 0.6 is 0 Å². The van der Waals surface area contributed by atoms with Crippen molar-refractivity contribution in [1.29, 1.82) is 0 Å². The van der Waals surface area contributed by atoms with Crippen LogP contribution in [0.2, 0.25) is 0 Å². The molecule has 2 N–H and O–H groups in total. The van der Waals surface area contributed by atoms with Gasteiger partial charge < -0.3 is 15.0 Å². The minimum absolute atomic E-state index is 0.193. The molecule has 0 saturated carbocycles. The number of nitrogens with two attached hydrogens (primary N) is 1. The summed E-state index contributed by atoms with van der Waals surface area (Å²) in [5.41, 5.74) is 5.60. The van der Waals surface area contributed by atoms with E-state index in [0.717, 1.165) is 0 Å². The standard InChI is InChI=1S/C12H13BN2O5/c14-10(16)6-15-7-11(17)19-13(20-12(18)8-15)9-4-2-1-3-5-9/h1-5H,6-8H2,(H2,14,16). The van der Waals surface area contributed by atoms with Gasteiger partial charge in [0.05, 0.1) is 19.6 Å². The van der Waals surface area contributed by atoms with Gasteiger partial charge >= 0.3 is 19.1 Å². The fraction of sp³-hybridized carbons (Fsp3) is 0.250. The summed E-state index contributed by atoms with van der Waals surface area (Å²) in [7, 11) is -1.06. The monoisotopic (exact) mass is 276 g/mol. The average Bonchev–Trinajstić information content (AvgIpc) is 2.36. The third-order valence-corrected chi connectivity index (χ3v) is 2.63. The number of carbonyl (C=O) groups excluding carboxylic acids is 3. The first kappa shape index (κ1) is 14.1. The summed E-state index contributed by atoms with van der Waals surface area (Å²) in [5.74, 6) is -1.81. The van der Waals surface area contributed by atoms with Crippen molar-refractivity contribution in [2.24, 2.45) is 5.73 Å². The molecule has 1 amide bonds. The van der Waals surface area contributed by atoms with Gasteiger partial charge in [-0.3, -0.25) is 19.3 Å². The number of hydrogen-bond acceptors (Lipinski definition) is 6. The molecule has 0 aromatic heterocycles. The minimum atomic E-state index is -1.06. The normalized spacial score (nSPS) is 16.9. The average molecular weight is 276 g/mol. The Hall–Kier alpha value is -2.35. The number of carbonyl (C=O) groups is 3. The SMILES string of the molecule is NC(=O)CN1CC(=O)OB(c2ccccc2)OC(=O)C1. The third kappa shape index (κ3) is 3.82. The van der Waals surface area contributed by atoms with Gasteiger partial charge in [0.15, 0.2) is 0 Å². The lowest BCUT2D eigenvalue weighted by molar-refractivity contribution is -0.146. The van der Waals surface area contributed by atoms with Crippen molar-refractivity contribution in [3.63, 3.8) is 0 Å². The van der Waals surface area contributed by atoms with Crippen molar-refractivity contribution < 1.29 is 23.7 Å². The number of nitrogens with zero attached hydrogens (tertiary/aromatic N) is 1. The second kappa shape index (κ2) is 6.20. The molecule has 1 aromatic carbocycles. The topological polar surface area (TPSA) is 98.9 Å². The summed E-state index contributed by atoms with van der Waals surface area (Å²) in [5, 5.41) is 0. The molecule has 20 heavy (non-hydrogen) atoms.